The molecule has 18 heavy (non-hydrogen) atoms. The van der Waals surface area contributed by atoms with Crippen molar-refractivity contribution in [1.29, 1.82) is 0 Å². The Hall–Kier alpha value is -1.07. The molecule has 0 atom stereocenters. The molecule has 98 valence electrons. The maximum absolute atomic E-state index is 11.9. The second kappa shape index (κ2) is 5.71. The maximum Gasteiger partial charge on any atom is 0.276 e. The molecule has 0 spiro atoms. The van der Waals surface area contributed by atoms with Crippen LogP contribution < -0.4 is 4.83 Å². The summed E-state index contributed by atoms with van der Waals surface area (Å²) >= 11 is 5.72. The molecule has 0 bridgehead atoms. The largest absolute Gasteiger partial charge is 0.276 e. The van der Waals surface area contributed by atoms with Crippen LogP contribution in [-0.4, -0.2) is 14.1 Å². The Labute approximate surface area is 112 Å². The van der Waals surface area contributed by atoms with Crippen molar-refractivity contribution in [2.45, 2.75) is 37.0 Å². The molecule has 1 fully saturated rings. The van der Waals surface area contributed by atoms with Gasteiger partial charge in [0.05, 0.1) is 4.90 Å². The second-order valence-electron chi connectivity index (χ2n) is 4.29. The summed E-state index contributed by atoms with van der Waals surface area (Å²) in [6.45, 7) is 0. The monoisotopic (exact) mass is 286 g/mol. The highest BCUT2D eigenvalue weighted by Crippen LogP contribution is 2.16. The van der Waals surface area contributed by atoms with E-state index in [0.29, 0.717) is 5.02 Å². The van der Waals surface area contributed by atoms with Crippen LogP contribution in [0.3, 0.4) is 0 Å². The third-order valence-corrected chi connectivity index (χ3v) is 4.35. The molecule has 0 amide bonds. The summed E-state index contributed by atoms with van der Waals surface area (Å²) in [5.74, 6) is 0. The first kappa shape index (κ1) is 13.4. The number of halogens is 1. The molecule has 1 N–H and O–H groups in total. The fourth-order valence-electron chi connectivity index (χ4n) is 1.86. The van der Waals surface area contributed by atoms with E-state index < -0.39 is 10.0 Å². The topological polar surface area (TPSA) is 58.5 Å². The summed E-state index contributed by atoms with van der Waals surface area (Å²) in [5, 5.41) is 4.51. The van der Waals surface area contributed by atoms with Crippen molar-refractivity contribution in [2.24, 2.45) is 5.10 Å². The van der Waals surface area contributed by atoms with E-state index in [1.165, 1.54) is 18.6 Å². The zero-order valence-electron chi connectivity index (χ0n) is 9.89. The first-order valence-electron chi connectivity index (χ1n) is 5.91. The van der Waals surface area contributed by atoms with Crippen LogP contribution in [0.15, 0.2) is 34.3 Å². The first-order valence-corrected chi connectivity index (χ1v) is 7.77. The quantitative estimate of drug-likeness (QED) is 0.869. The predicted octanol–water partition coefficient (Wildman–Crippen LogP) is 2.94. The molecule has 0 unspecified atom stereocenters. The molecule has 0 heterocycles. The van der Waals surface area contributed by atoms with Gasteiger partial charge in [0.25, 0.3) is 10.0 Å². The van der Waals surface area contributed by atoms with Crippen molar-refractivity contribution in [3.8, 4) is 0 Å². The van der Waals surface area contributed by atoms with Gasteiger partial charge in [-0.2, -0.15) is 13.5 Å². The molecule has 1 aromatic carbocycles. The average molecular weight is 287 g/mol. The highest BCUT2D eigenvalue weighted by Gasteiger charge is 2.14. The Morgan fingerprint density at radius 3 is 2.28 bits per heavy atom. The zero-order valence-corrected chi connectivity index (χ0v) is 11.5. The third-order valence-electron chi connectivity index (χ3n) is 2.88. The van der Waals surface area contributed by atoms with Gasteiger partial charge in [0.1, 0.15) is 0 Å². The maximum atomic E-state index is 11.9. The molecule has 6 heteroatoms. The molecule has 0 radical (unpaired) electrons. The Kier molecular flexibility index (Phi) is 4.24. The van der Waals surface area contributed by atoms with E-state index in [2.05, 4.69) is 9.93 Å². The highest BCUT2D eigenvalue weighted by atomic mass is 35.5. The van der Waals surface area contributed by atoms with Crippen LogP contribution in [-0.2, 0) is 10.0 Å². The third kappa shape index (κ3) is 3.46. The van der Waals surface area contributed by atoms with Crippen LogP contribution in [0, 0.1) is 0 Å². The van der Waals surface area contributed by atoms with Crippen molar-refractivity contribution in [2.75, 3.05) is 0 Å². The molecular formula is C12H15ClN2O2S. The van der Waals surface area contributed by atoms with Gasteiger partial charge >= 0.3 is 0 Å². The number of benzene rings is 1. The molecule has 1 saturated carbocycles. The van der Waals surface area contributed by atoms with Gasteiger partial charge in [-0.1, -0.05) is 18.0 Å². The normalized spacial score (nSPS) is 16.4. The van der Waals surface area contributed by atoms with Gasteiger partial charge in [0.15, 0.2) is 0 Å². The Bertz CT molecular complexity index is 530. The van der Waals surface area contributed by atoms with Crippen LogP contribution in [0.1, 0.15) is 32.1 Å². The number of hydrazone groups is 1. The number of hydrogen-bond acceptors (Lipinski definition) is 3. The minimum absolute atomic E-state index is 0.173. The van der Waals surface area contributed by atoms with Crippen molar-refractivity contribution in [1.82, 2.24) is 4.83 Å². The molecule has 1 aliphatic rings. The van der Waals surface area contributed by atoms with Gasteiger partial charge in [0, 0.05) is 10.7 Å². The predicted molar refractivity (Wildman–Crippen MR) is 72.3 cm³/mol. The van der Waals surface area contributed by atoms with Crippen LogP contribution >= 0.6 is 11.6 Å². The van der Waals surface area contributed by atoms with Gasteiger partial charge < -0.3 is 0 Å². The number of sulfonamides is 1. The zero-order chi connectivity index (χ0) is 13.0. The van der Waals surface area contributed by atoms with Crippen LogP contribution in [0.2, 0.25) is 5.02 Å². The van der Waals surface area contributed by atoms with E-state index in [4.69, 9.17) is 11.6 Å². The van der Waals surface area contributed by atoms with Crippen molar-refractivity contribution in [3.05, 3.63) is 29.3 Å². The smallest absolute Gasteiger partial charge is 0.200 e. The van der Waals surface area contributed by atoms with Gasteiger partial charge in [-0.15, -0.1) is 0 Å². The van der Waals surface area contributed by atoms with E-state index in [-0.39, 0.29) is 4.90 Å². The standard InChI is InChI=1S/C12H15ClN2O2S/c13-10-6-8-12(9-7-10)18(16,17)15-14-11-4-2-1-3-5-11/h6-9,15H,1-5H2. The molecule has 0 aliphatic heterocycles. The van der Waals surface area contributed by atoms with Crippen molar-refractivity contribution < 1.29 is 8.42 Å². The summed E-state index contributed by atoms with van der Waals surface area (Å²) in [7, 11) is -3.57. The lowest BCUT2D eigenvalue weighted by Crippen LogP contribution is -2.21. The van der Waals surface area contributed by atoms with Crippen molar-refractivity contribution >= 4 is 27.3 Å². The van der Waals surface area contributed by atoms with E-state index in [1.807, 2.05) is 0 Å². The fourth-order valence-corrected chi connectivity index (χ4v) is 2.84. The van der Waals surface area contributed by atoms with Gasteiger partial charge in [-0.05, 0) is 49.9 Å². The van der Waals surface area contributed by atoms with E-state index >= 15 is 0 Å². The molecule has 0 saturated heterocycles. The summed E-state index contributed by atoms with van der Waals surface area (Å²) < 4.78 is 23.8. The molecule has 4 nitrogen and oxygen atoms in total. The molecule has 0 aromatic heterocycles. The molecular weight excluding hydrogens is 272 g/mol. The van der Waals surface area contributed by atoms with Crippen LogP contribution in [0.5, 0.6) is 0 Å². The lowest BCUT2D eigenvalue weighted by molar-refractivity contribution is 0.583. The molecule has 1 aromatic rings. The number of nitrogens with zero attached hydrogens (tertiary/aromatic N) is 1. The van der Waals surface area contributed by atoms with Crippen molar-refractivity contribution in [3.63, 3.8) is 0 Å². The van der Waals surface area contributed by atoms with Crippen LogP contribution in [0.4, 0.5) is 0 Å². The second-order valence-corrected chi connectivity index (χ2v) is 6.38. The Balaban J connectivity index is 2.09. The van der Waals surface area contributed by atoms with E-state index in [1.54, 1.807) is 12.1 Å². The Morgan fingerprint density at radius 1 is 1.06 bits per heavy atom. The highest BCUT2D eigenvalue weighted by molar-refractivity contribution is 7.89. The minimum Gasteiger partial charge on any atom is -0.200 e. The SMILES string of the molecule is O=S(=O)(NN=C1CCCCC1)c1ccc(Cl)cc1. The van der Waals surface area contributed by atoms with Crippen LogP contribution in [0.25, 0.3) is 0 Å². The Morgan fingerprint density at radius 2 is 1.67 bits per heavy atom. The minimum atomic E-state index is -3.57. The van der Waals surface area contributed by atoms with E-state index in [9.17, 15) is 8.42 Å². The average Bonchev–Trinajstić information content (AvgIpc) is 2.38. The molecule has 1 aliphatic carbocycles. The van der Waals surface area contributed by atoms with E-state index in [0.717, 1.165) is 31.4 Å². The summed E-state index contributed by atoms with van der Waals surface area (Å²) in [4.78, 5) is 2.45. The molecule has 2 rings (SSSR count). The number of hydrogen-bond donors (Lipinski definition) is 1. The van der Waals surface area contributed by atoms with Gasteiger partial charge in [-0.25, -0.2) is 4.83 Å². The first-order chi connectivity index (χ1) is 8.58. The summed E-state index contributed by atoms with van der Waals surface area (Å²) in [6, 6.07) is 6.02. The number of rotatable bonds is 3. The summed E-state index contributed by atoms with van der Waals surface area (Å²) in [5.41, 5.74) is 0.929. The lowest BCUT2D eigenvalue weighted by Gasteiger charge is -2.12. The number of nitrogens with one attached hydrogen (secondary N) is 1. The summed E-state index contributed by atoms with van der Waals surface area (Å²) in [6.07, 6.45) is 5.12. The van der Waals surface area contributed by atoms with Gasteiger partial charge in [0.2, 0.25) is 0 Å². The lowest BCUT2D eigenvalue weighted by atomic mass is 9.99. The fraction of sp³-hybridized carbons (Fsp3) is 0.417. The van der Waals surface area contributed by atoms with Gasteiger partial charge in [-0.3, -0.25) is 0 Å².